The zero-order valence-corrected chi connectivity index (χ0v) is 13.7. The molecule has 0 aliphatic rings. The predicted molar refractivity (Wildman–Crippen MR) is 105 cm³/mol. The monoisotopic (exact) mass is 324 g/mol. The van der Waals surface area contributed by atoms with E-state index in [0.29, 0.717) is 0 Å². The number of hydrogen-bond acceptors (Lipinski definition) is 1. The lowest BCUT2D eigenvalue weighted by Gasteiger charge is -2.07. The highest BCUT2D eigenvalue weighted by atomic mass is 14.7. The van der Waals surface area contributed by atoms with E-state index in [4.69, 9.17) is 4.11 Å². The van der Waals surface area contributed by atoms with E-state index in [1.807, 2.05) is 30.3 Å². The van der Waals surface area contributed by atoms with E-state index in [1.54, 1.807) is 12.1 Å². The second-order valence-corrected chi connectivity index (χ2v) is 5.96. The number of aryl methyl sites for hydroxylation is 1. The van der Waals surface area contributed by atoms with Gasteiger partial charge in [0.2, 0.25) is 0 Å². The summed E-state index contributed by atoms with van der Waals surface area (Å²) in [5.41, 5.74) is 6.57. The van der Waals surface area contributed by atoms with Crippen molar-refractivity contribution in [2.24, 2.45) is 0 Å². The van der Waals surface area contributed by atoms with E-state index in [-0.39, 0.29) is 5.56 Å². The highest BCUT2D eigenvalue weighted by Gasteiger charge is 2.04. The summed E-state index contributed by atoms with van der Waals surface area (Å²) in [5, 5.41) is 0. The van der Waals surface area contributed by atoms with Crippen LogP contribution in [0.5, 0.6) is 0 Å². The van der Waals surface area contributed by atoms with Crippen molar-refractivity contribution in [3.8, 4) is 33.5 Å². The Morgan fingerprint density at radius 3 is 1.92 bits per heavy atom. The van der Waals surface area contributed by atoms with Crippen LogP contribution in [0, 0.1) is 6.85 Å². The van der Waals surface area contributed by atoms with Gasteiger partial charge >= 0.3 is 0 Å². The van der Waals surface area contributed by atoms with Crippen molar-refractivity contribution in [3.63, 3.8) is 0 Å². The second-order valence-electron chi connectivity index (χ2n) is 5.96. The summed E-state index contributed by atoms with van der Waals surface area (Å²) in [7, 11) is 0. The zero-order chi connectivity index (χ0) is 19.6. The Bertz CT molecular complexity index is 1070. The molecule has 0 bridgehead atoms. The normalized spacial score (nSPS) is 12.9. The van der Waals surface area contributed by atoms with Crippen LogP contribution in [0.25, 0.3) is 33.5 Å². The molecule has 1 aromatic heterocycles. The molecule has 4 aromatic rings. The molecule has 0 fully saturated rings. The minimum Gasteiger partial charge on any atom is -0.256 e. The minimum absolute atomic E-state index is 0.254. The molecule has 1 heterocycles. The molecule has 1 heteroatoms. The fourth-order valence-corrected chi connectivity index (χ4v) is 2.91. The average Bonchev–Trinajstić information content (AvgIpc) is 2.74. The lowest BCUT2D eigenvalue weighted by molar-refractivity contribution is 1.27. The predicted octanol–water partition coefficient (Wildman–Crippen LogP) is 6.39. The van der Waals surface area contributed by atoms with Gasteiger partial charge in [0.05, 0.1) is 5.69 Å². The van der Waals surface area contributed by atoms with Crippen molar-refractivity contribution in [2.45, 2.75) is 6.85 Å². The Hall–Kier alpha value is -3.19. The fraction of sp³-hybridized carbons (Fsp3) is 0.0417. The summed E-state index contributed by atoms with van der Waals surface area (Å²) in [5.74, 6) is 0. The largest absolute Gasteiger partial charge is 0.256 e. The van der Waals surface area contributed by atoms with Crippen LogP contribution in [0.3, 0.4) is 0 Å². The van der Waals surface area contributed by atoms with E-state index < -0.39 is 6.85 Å². The molecule has 0 atom stereocenters. The molecule has 25 heavy (non-hydrogen) atoms. The number of benzene rings is 3. The number of nitrogens with zero attached hydrogens (tertiary/aromatic N) is 1. The van der Waals surface area contributed by atoms with Crippen LogP contribution in [0.4, 0.5) is 0 Å². The van der Waals surface area contributed by atoms with Gasteiger partial charge in [0.15, 0.2) is 0 Å². The van der Waals surface area contributed by atoms with Crippen LogP contribution in [0.2, 0.25) is 0 Å². The van der Waals surface area contributed by atoms with Crippen LogP contribution in [-0.4, -0.2) is 4.98 Å². The molecular formula is C24H19N. The number of pyridine rings is 1. The molecule has 0 saturated heterocycles. The second kappa shape index (κ2) is 6.74. The molecule has 0 saturated carbocycles. The average molecular weight is 324 g/mol. The lowest BCUT2D eigenvalue weighted by Crippen LogP contribution is -1.85. The fourth-order valence-electron chi connectivity index (χ4n) is 2.91. The van der Waals surface area contributed by atoms with Crippen LogP contribution in [-0.2, 0) is 0 Å². The molecule has 0 spiro atoms. The maximum Gasteiger partial charge on any atom is 0.0702 e. The summed E-state index contributed by atoms with van der Waals surface area (Å²) in [6.07, 6.45) is 1.43. The van der Waals surface area contributed by atoms with Crippen LogP contribution >= 0.6 is 0 Å². The molecule has 1 nitrogen and oxygen atoms in total. The van der Waals surface area contributed by atoms with Gasteiger partial charge in [-0.15, -0.1) is 0 Å². The van der Waals surface area contributed by atoms with Crippen LogP contribution in [0.1, 0.15) is 9.68 Å². The number of aromatic nitrogens is 1. The first-order valence-electron chi connectivity index (χ1n) is 9.73. The van der Waals surface area contributed by atoms with E-state index in [1.165, 1.54) is 17.3 Å². The van der Waals surface area contributed by atoms with Gasteiger partial charge in [0.1, 0.15) is 0 Å². The molecule has 4 rings (SSSR count). The lowest BCUT2D eigenvalue weighted by atomic mass is 9.98. The van der Waals surface area contributed by atoms with Gasteiger partial charge in [-0.2, -0.15) is 0 Å². The zero-order valence-electron chi connectivity index (χ0n) is 16.7. The Kier molecular flexibility index (Phi) is 3.29. The Labute approximate surface area is 152 Å². The summed E-state index contributed by atoms with van der Waals surface area (Å²) in [6, 6.07) is 30.3. The topological polar surface area (TPSA) is 12.9 Å². The van der Waals surface area contributed by atoms with Gasteiger partial charge in [-0.25, -0.2) is 0 Å². The van der Waals surface area contributed by atoms with Gasteiger partial charge in [0, 0.05) is 15.9 Å². The maximum absolute atomic E-state index is 7.47. The summed E-state index contributed by atoms with van der Waals surface area (Å²) < 4.78 is 22.4. The van der Waals surface area contributed by atoms with Crippen molar-refractivity contribution in [1.29, 1.82) is 0 Å². The van der Waals surface area contributed by atoms with Crippen LogP contribution < -0.4 is 0 Å². The summed E-state index contributed by atoms with van der Waals surface area (Å²) in [4.78, 5) is 4.34. The van der Waals surface area contributed by atoms with Gasteiger partial charge in [0.25, 0.3) is 0 Å². The van der Waals surface area contributed by atoms with Gasteiger partial charge in [-0.05, 0) is 46.8 Å². The van der Waals surface area contributed by atoms with Crippen molar-refractivity contribution in [1.82, 2.24) is 4.98 Å². The number of rotatable bonds is 3. The third-order valence-electron chi connectivity index (χ3n) is 4.25. The first-order chi connectivity index (χ1) is 13.5. The minimum atomic E-state index is -2.13. The van der Waals surface area contributed by atoms with E-state index >= 15 is 0 Å². The van der Waals surface area contributed by atoms with Gasteiger partial charge in [-0.1, -0.05) is 78.9 Å². The molecule has 3 aromatic carbocycles. The van der Waals surface area contributed by atoms with E-state index in [9.17, 15) is 0 Å². The molecule has 0 N–H and O–H groups in total. The van der Waals surface area contributed by atoms with E-state index in [0.717, 1.165) is 22.4 Å². The summed E-state index contributed by atoms with van der Waals surface area (Å²) >= 11 is 0. The first kappa shape index (κ1) is 12.2. The van der Waals surface area contributed by atoms with Crippen molar-refractivity contribution in [3.05, 3.63) is 103 Å². The molecule has 0 radical (unpaired) electrons. The highest BCUT2D eigenvalue weighted by Crippen LogP contribution is 2.27. The third kappa shape index (κ3) is 3.36. The smallest absolute Gasteiger partial charge is 0.0702 e. The van der Waals surface area contributed by atoms with Gasteiger partial charge in [-0.3, -0.25) is 4.98 Å². The van der Waals surface area contributed by atoms with Crippen molar-refractivity contribution < 1.29 is 4.11 Å². The summed E-state index contributed by atoms with van der Waals surface area (Å²) in [6.45, 7) is -2.13. The van der Waals surface area contributed by atoms with Crippen LogP contribution in [0.15, 0.2) is 97.2 Å². The SMILES string of the molecule is [2H]C([2H])([2H])c1ccc(-c2cccc(-c3ccc(-c4ccccc4)cc3)c2)nc1. The Balaban J connectivity index is 1.62. The van der Waals surface area contributed by atoms with Crippen molar-refractivity contribution >= 4 is 0 Å². The van der Waals surface area contributed by atoms with E-state index in [2.05, 4.69) is 53.5 Å². The maximum atomic E-state index is 7.47. The molecule has 0 aliphatic carbocycles. The molecule has 0 unspecified atom stereocenters. The highest BCUT2D eigenvalue weighted by molar-refractivity contribution is 5.74. The molecular weight excluding hydrogens is 302 g/mol. The molecule has 120 valence electrons. The third-order valence-corrected chi connectivity index (χ3v) is 4.25. The quantitative estimate of drug-likeness (QED) is 0.425. The molecule has 0 aliphatic heterocycles. The van der Waals surface area contributed by atoms with Crippen molar-refractivity contribution in [2.75, 3.05) is 0 Å². The Morgan fingerprint density at radius 2 is 1.24 bits per heavy atom. The van der Waals surface area contributed by atoms with Gasteiger partial charge < -0.3 is 0 Å². The number of hydrogen-bond donors (Lipinski definition) is 0. The molecule has 0 amide bonds. The standard InChI is InChI=1S/C24H19N/c1-18-10-15-24(25-17-18)23-9-5-8-22(16-23)21-13-11-20(12-14-21)19-6-3-2-4-7-19/h2-17H,1H3/i1D3. The Morgan fingerprint density at radius 1 is 0.600 bits per heavy atom. The first-order valence-corrected chi connectivity index (χ1v) is 8.23.